The maximum atomic E-state index is 11.2. The first-order valence-electron chi connectivity index (χ1n) is 8.89. The first-order chi connectivity index (χ1) is 13.6. The number of aromatic nitrogens is 2. The van der Waals surface area contributed by atoms with Crippen molar-refractivity contribution in [3.8, 4) is 11.3 Å². The number of nitro benzene ring substituents is 1. The average molecular weight is 379 g/mol. The maximum absolute atomic E-state index is 11.2. The molecule has 0 radical (unpaired) electrons. The molecule has 0 unspecified atom stereocenters. The van der Waals surface area contributed by atoms with Crippen LogP contribution in [0.1, 0.15) is 12.0 Å². The lowest BCUT2D eigenvalue weighted by molar-refractivity contribution is -0.385. The SMILES string of the molecule is Cc1c(Nc2cc(-c3ccccc3)nc(NCCCO)n2)cccc1[N+](=O)[O-]. The Labute approximate surface area is 162 Å². The van der Waals surface area contributed by atoms with E-state index in [1.54, 1.807) is 25.1 Å². The molecule has 3 N–H and O–H groups in total. The van der Waals surface area contributed by atoms with Crippen LogP contribution < -0.4 is 10.6 Å². The van der Waals surface area contributed by atoms with E-state index in [4.69, 9.17) is 5.11 Å². The van der Waals surface area contributed by atoms with Gasteiger partial charge in [-0.3, -0.25) is 10.1 Å². The van der Waals surface area contributed by atoms with Crippen LogP contribution in [0.4, 0.5) is 23.1 Å². The van der Waals surface area contributed by atoms with E-state index in [-0.39, 0.29) is 12.3 Å². The molecule has 0 bridgehead atoms. The van der Waals surface area contributed by atoms with E-state index in [0.717, 1.165) is 5.56 Å². The molecule has 3 rings (SSSR count). The number of anilines is 3. The number of nitrogens with zero attached hydrogens (tertiary/aromatic N) is 3. The monoisotopic (exact) mass is 379 g/mol. The maximum Gasteiger partial charge on any atom is 0.274 e. The molecule has 0 atom stereocenters. The molecule has 0 aliphatic rings. The van der Waals surface area contributed by atoms with Crippen LogP contribution in [0, 0.1) is 17.0 Å². The second-order valence-corrected chi connectivity index (χ2v) is 6.16. The summed E-state index contributed by atoms with van der Waals surface area (Å²) < 4.78 is 0. The zero-order valence-corrected chi connectivity index (χ0v) is 15.4. The standard InChI is InChI=1S/C20H21N5O3/c1-14-16(9-5-10-18(14)25(27)28)22-19-13-17(15-7-3-2-4-8-15)23-20(24-19)21-11-6-12-26/h2-5,7-10,13,26H,6,11-12H2,1H3,(H2,21,22,23,24). The third-order valence-corrected chi connectivity index (χ3v) is 4.18. The number of aliphatic hydroxyl groups is 1. The summed E-state index contributed by atoms with van der Waals surface area (Å²) in [5.74, 6) is 0.935. The number of hydrogen-bond donors (Lipinski definition) is 3. The molecule has 8 nitrogen and oxygen atoms in total. The lowest BCUT2D eigenvalue weighted by Crippen LogP contribution is -2.09. The first kappa shape index (κ1) is 19.2. The number of hydrogen-bond acceptors (Lipinski definition) is 7. The first-order valence-corrected chi connectivity index (χ1v) is 8.89. The van der Waals surface area contributed by atoms with E-state index < -0.39 is 4.92 Å². The van der Waals surface area contributed by atoms with E-state index >= 15 is 0 Å². The molecular weight excluding hydrogens is 358 g/mol. The van der Waals surface area contributed by atoms with E-state index in [1.165, 1.54) is 6.07 Å². The highest BCUT2D eigenvalue weighted by Crippen LogP contribution is 2.29. The summed E-state index contributed by atoms with van der Waals surface area (Å²) in [5, 5.41) is 26.4. The Kier molecular flexibility index (Phi) is 6.13. The Morgan fingerprint density at radius 2 is 1.89 bits per heavy atom. The molecule has 0 fully saturated rings. The smallest absolute Gasteiger partial charge is 0.274 e. The molecule has 3 aromatic rings. The third-order valence-electron chi connectivity index (χ3n) is 4.18. The van der Waals surface area contributed by atoms with Gasteiger partial charge in [0.15, 0.2) is 0 Å². The highest BCUT2D eigenvalue weighted by atomic mass is 16.6. The summed E-state index contributed by atoms with van der Waals surface area (Å²) in [6.07, 6.45) is 0.575. The van der Waals surface area contributed by atoms with Crippen molar-refractivity contribution in [2.24, 2.45) is 0 Å². The van der Waals surface area contributed by atoms with Gasteiger partial charge in [-0.25, -0.2) is 4.98 Å². The highest BCUT2D eigenvalue weighted by Gasteiger charge is 2.14. The summed E-state index contributed by atoms with van der Waals surface area (Å²) >= 11 is 0. The number of nitrogens with one attached hydrogen (secondary N) is 2. The number of aliphatic hydroxyl groups excluding tert-OH is 1. The van der Waals surface area contributed by atoms with Crippen LogP contribution in [0.2, 0.25) is 0 Å². The molecule has 0 amide bonds. The van der Waals surface area contributed by atoms with Crippen LogP contribution in [-0.4, -0.2) is 33.1 Å². The zero-order chi connectivity index (χ0) is 19.9. The van der Waals surface area contributed by atoms with Gasteiger partial charge in [-0.05, 0) is 19.4 Å². The number of rotatable bonds is 8. The van der Waals surface area contributed by atoms with Gasteiger partial charge in [0.1, 0.15) is 5.82 Å². The van der Waals surface area contributed by atoms with Gasteiger partial charge in [-0.2, -0.15) is 4.98 Å². The van der Waals surface area contributed by atoms with Gasteiger partial charge in [-0.15, -0.1) is 0 Å². The molecule has 0 spiro atoms. The van der Waals surface area contributed by atoms with Gasteiger partial charge >= 0.3 is 0 Å². The topological polar surface area (TPSA) is 113 Å². The second-order valence-electron chi connectivity index (χ2n) is 6.16. The van der Waals surface area contributed by atoms with Crippen LogP contribution in [0.15, 0.2) is 54.6 Å². The predicted molar refractivity (Wildman–Crippen MR) is 109 cm³/mol. The minimum atomic E-state index is -0.405. The Balaban J connectivity index is 1.97. The largest absolute Gasteiger partial charge is 0.396 e. The average Bonchev–Trinajstić information content (AvgIpc) is 2.70. The van der Waals surface area contributed by atoms with Gasteiger partial charge in [0.25, 0.3) is 5.69 Å². The summed E-state index contributed by atoms with van der Waals surface area (Å²) in [7, 11) is 0. The summed E-state index contributed by atoms with van der Waals surface area (Å²) in [4.78, 5) is 19.8. The van der Waals surface area contributed by atoms with Crippen molar-refractivity contribution in [2.75, 3.05) is 23.8 Å². The molecule has 0 saturated heterocycles. The minimum Gasteiger partial charge on any atom is -0.396 e. The van der Waals surface area contributed by atoms with Gasteiger partial charge in [0.2, 0.25) is 5.95 Å². The Morgan fingerprint density at radius 3 is 2.61 bits per heavy atom. The summed E-state index contributed by atoms with van der Waals surface area (Å²) in [6, 6.07) is 16.3. The summed E-state index contributed by atoms with van der Waals surface area (Å²) in [6.45, 7) is 2.30. The van der Waals surface area contributed by atoms with Gasteiger partial charge in [-0.1, -0.05) is 36.4 Å². The molecule has 1 aromatic heterocycles. The molecule has 1 heterocycles. The fourth-order valence-corrected chi connectivity index (χ4v) is 2.72. The molecule has 8 heteroatoms. The third kappa shape index (κ3) is 4.60. The van der Waals surface area contributed by atoms with E-state index in [9.17, 15) is 10.1 Å². The van der Waals surface area contributed by atoms with Crippen LogP contribution in [0.3, 0.4) is 0 Å². The van der Waals surface area contributed by atoms with E-state index in [0.29, 0.717) is 41.7 Å². The Morgan fingerprint density at radius 1 is 1.11 bits per heavy atom. The lowest BCUT2D eigenvalue weighted by atomic mass is 10.1. The number of nitro groups is 1. The van der Waals surface area contributed by atoms with Crippen molar-refractivity contribution in [3.05, 3.63) is 70.3 Å². The van der Waals surface area contributed by atoms with Gasteiger partial charge in [0, 0.05) is 36.5 Å². The van der Waals surface area contributed by atoms with E-state index in [2.05, 4.69) is 20.6 Å². The predicted octanol–water partition coefficient (Wildman–Crippen LogP) is 3.90. The number of benzene rings is 2. The van der Waals surface area contributed by atoms with Crippen molar-refractivity contribution in [1.29, 1.82) is 0 Å². The van der Waals surface area contributed by atoms with Crippen molar-refractivity contribution in [3.63, 3.8) is 0 Å². The zero-order valence-electron chi connectivity index (χ0n) is 15.4. The van der Waals surface area contributed by atoms with Gasteiger partial charge < -0.3 is 15.7 Å². The van der Waals surface area contributed by atoms with Crippen LogP contribution in [0.25, 0.3) is 11.3 Å². The Hall–Kier alpha value is -3.52. The van der Waals surface area contributed by atoms with Crippen LogP contribution in [0.5, 0.6) is 0 Å². The Bertz CT molecular complexity index is 963. The molecule has 144 valence electrons. The fraction of sp³-hybridized carbons (Fsp3) is 0.200. The molecule has 2 aromatic carbocycles. The van der Waals surface area contributed by atoms with Crippen molar-refractivity contribution < 1.29 is 10.0 Å². The highest BCUT2D eigenvalue weighted by molar-refractivity contribution is 5.70. The molecular formula is C20H21N5O3. The summed E-state index contributed by atoms with van der Waals surface area (Å²) in [5.41, 5.74) is 2.82. The van der Waals surface area contributed by atoms with E-state index in [1.807, 2.05) is 30.3 Å². The van der Waals surface area contributed by atoms with Crippen LogP contribution >= 0.6 is 0 Å². The second kappa shape index (κ2) is 8.92. The fourth-order valence-electron chi connectivity index (χ4n) is 2.72. The van der Waals surface area contributed by atoms with Crippen molar-refractivity contribution in [2.45, 2.75) is 13.3 Å². The molecule has 0 saturated carbocycles. The van der Waals surface area contributed by atoms with Crippen molar-refractivity contribution >= 4 is 23.1 Å². The van der Waals surface area contributed by atoms with Crippen molar-refractivity contribution in [1.82, 2.24) is 9.97 Å². The molecule has 28 heavy (non-hydrogen) atoms. The molecule has 0 aliphatic carbocycles. The minimum absolute atomic E-state index is 0.0450. The normalized spacial score (nSPS) is 10.5. The lowest BCUT2D eigenvalue weighted by Gasteiger charge is -2.13. The van der Waals surface area contributed by atoms with Crippen LogP contribution in [-0.2, 0) is 0 Å². The van der Waals surface area contributed by atoms with Gasteiger partial charge in [0.05, 0.1) is 16.2 Å². The molecule has 0 aliphatic heterocycles. The quantitative estimate of drug-likeness (QED) is 0.309.